The molecule has 4 rings (SSSR count). The summed E-state index contributed by atoms with van der Waals surface area (Å²) in [6, 6.07) is 17.9. The molecule has 2 aromatic carbocycles. The number of pyridine rings is 1. The third kappa shape index (κ3) is 4.94. The molecule has 1 unspecified atom stereocenters. The van der Waals surface area contributed by atoms with Gasteiger partial charge in [0.15, 0.2) is 6.10 Å². The molecule has 0 radical (unpaired) electrons. The summed E-state index contributed by atoms with van der Waals surface area (Å²) in [5.41, 5.74) is 12.3. The lowest BCUT2D eigenvalue weighted by molar-refractivity contribution is -0.123. The Balaban J connectivity index is 0.00000256. The van der Waals surface area contributed by atoms with E-state index in [0.29, 0.717) is 10.8 Å². The smallest absolute Gasteiger partial charge is 0.258 e. The van der Waals surface area contributed by atoms with Gasteiger partial charge in [0, 0.05) is 16.3 Å². The number of nitrogens with zero attached hydrogens (tertiary/aromatic N) is 1. The highest BCUT2D eigenvalue weighted by Crippen LogP contribution is 2.31. The van der Waals surface area contributed by atoms with Crippen LogP contribution in [0.5, 0.6) is 5.75 Å². The molecule has 1 amide bonds. The van der Waals surface area contributed by atoms with E-state index in [2.05, 4.69) is 6.07 Å². The Kier molecular flexibility index (Phi) is 7.01. The molecular weight excluding hydrogens is 419 g/mol. The van der Waals surface area contributed by atoms with Crippen LogP contribution in [-0.2, 0) is 24.1 Å². The van der Waals surface area contributed by atoms with Crippen LogP contribution >= 0.6 is 24.0 Å². The highest BCUT2D eigenvalue weighted by Gasteiger charge is 2.19. The van der Waals surface area contributed by atoms with Crippen LogP contribution in [0.4, 0.5) is 0 Å². The van der Waals surface area contributed by atoms with Crippen LogP contribution in [0.3, 0.4) is 0 Å². The monoisotopic (exact) mass is 442 g/mol. The molecule has 1 atom stereocenters. The van der Waals surface area contributed by atoms with E-state index in [4.69, 9.17) is 27.1 Å². The molecule has 0 saturated carbocycles. The fraction of sp³-hybridized carbons (Fsp3) is 0.250. The van der Waals surface area contributed by atoms with Crippen LogP contribution in [0.1, 0.15) is 35.7 Å². The molecule has 1 aliphatic carbocycles. The van der Waals surface area contributed by atoms with Crippen molar-refractivity contribution in [3.63, 3.8) is 0 Å². The highest BCUT2D eigenvalue weighted by molar-refractivity contribution is 6.30. The van der Waals surface area contributed by atoms with Gasteiger partial charge in [-0.3, -0.25) is 9.78 Å². The van der Waals surface area contributed by atoms with Gasteiger partial charge in [-0.15, -0.1) is 12.4 Å². The molecule has 0 fully saturated rings. The van der Waals surface area contributed by atoms with Crippen molar-refractivity contribution in [3.05, 3.63) is 82.0 Å². The van der Waals surface area contributed by atoms with E-state index >= 15 is 0 Å². The van der Waals surface area contributed by atoms with Gasteiger partial charge in [-0.1, -0.05) is 35.9 Å². The van der Waals surface area contributed by atoms with Gasteiger partial charge >= 0.3 is 0 Å². The number of rotatable bonds is 6. The number of amides is 1. The zero-order valence-corrected chi connectivity index (χ0v) is 18.3. The van der Waals surface area contributed by atoms with Crippen LogP contribution in [0.15, 0.2) is 54.6 Å². The molecule has 6 heteroatoms. The summed E-state index contributed by atoms with van der Waals surface area (Å²) >= 11 is 6.18. The van der Waals surface area contributed by atoms with Crippen molar-refractivity contribution in [2.75, 3.05) is 0 Å². The first-order valence-electron chi connectivity index (χ1n) is 9.82. The van der Waals surface area contributed by atoms with E-state index in [0.717, 1.165) is 36.9 Å². The number of nitrogens with two attached hydrogens (primary N) is 1. The maximum absolute atomic E-state index is 11.2. The SMILES string of the molecule is CC(Oc1ccc(Cc2cc(-c3cccc(Cl)c3)nc3c2CCC3)cc1)C(N)=O.Cl. The molecule has 3 aromatic rings. The van der Waals surface area contributed by atoms with Gasteiger partial charge in [-0.25, -0.2) is 0 Å². The summed E-state index contributed by atoms with van der Waals surface area (Å²) in [6.07, 6.45) is 3.42. The topological polar surface area (TPSA) is 65.2 Å². The zero-order chi connectivity index (χ0) is 20.4. The molecule has 1 aliphatic rings. The Morgan fingerprint density at radius 3 is 2.63 bits per heavy atom. The Labute approximate surface area is 187 Å². The molecule has 0 aliphatic heterocycles. The summed E-state index contributed by atoms with van der Waals surface area (Å²) in [7, 11) is 0. The molecule has 1 aromatic heterocycles. The number of fused-ring (bicyclic) bond motifs is 1. The number of ether oxygens (including phenoxy) is 1. The largest absolute Gasteiger partial charge is 0.481 e. The summed E-state index contributed by atoms with van der Waals surface area (Å²) in [5.74, 6) is 0.162. The normalized spacial score (nSPS) is 13.3. The minimum absolute atomic E-state index is 0. The van der Waals surface area contributed by atoms with Crippen molar-refractivity contribution in [1.29, 1.82) is 0 Å². The average molecular weight is 443 g/mol. The molecule has 4 nitrogen and oxygen atoms in total. The van der Waals surface area contributed by atoms with Crippen molar-refractivity contribution in [2.45, 2.75) is 38.7 Å². The molecule has 0 bridgehead atoms. The minimum atomic E-state index is -0.649. The Bertz CT molecular complexity index is 1050. The molecule has 156 valence electrons. The van der Waals surface area contributed by atoms with Gasteiger partial charge in [0.2, 0.25) is 0 Å². The van der Waals surface area contributed by atoms with Gasteiger partial charge in [0.05, 0.1) is 5.69 Å². The van der Waals surface area contributed by atoms with Crippen LogP contribution in [0.2, 0.25) is 5.02 Å². The number of carbonyl (C=O) groups is 1. The van der Waals surface area contributed by atoms with Crippen LogP contribution in [-0.4, -0.2) is 17.0 Å². The fourth-order valence-corrected chi connectivity index (χ4v) is 3.94. The Morgan fingerprint density at radius 1 is 1.17 bits per heavy atom. The quantitative estimate of drug-likeness (QED) is 0.573. The van der Waals surface area contributed by atoms with E-state index in [9.17, 15) is 4.79 Å². The molecular formula is C24H24Cl2N2O2. The van der Waals surface area contributed by atoms with Crippen molar-refractivity contribution >= 4 is 29.9 Å². The standard InChI is InChI=1S/C24H23ClN2O2.ClH/c1-15(24(26)28)29-20-10-8-16(9-11-20)12-18-14-23(17-4-2-5-19(25)13-17)27-22-7-3-6-21(18)22;/h2,4-5,8-11,13-15H,3,6-7,12H2,1H3,(H2,26,28);1H. The van der Waals surface area contributed by atoms with Crippen molar-refractivity contribution < 1.29 is 9.53 Å². The van der Waals surface area contributed by atoms with E-state index in [1.54, 1.807) is 6.92 Å². The fourth-order valence-electron chi connectivity index (χ4n) is 3.75. The molecule has 0 saturated heterocycles. The van der Waals surface area contributed by atoms with Crippen molar-refractivity contribution in [1.82, 2.24) is 4.98 Å². The first-order chi connectivity index (χ1) is 14.0. The number of halogens is 2. The molecule has 2 N–H and O–H groups in total. The molecule has 1 heterocycles. The number of hydrogen-bond donors (Lipinski definition) is 1. The molecule has 30 heavy (non-hydrogen) atoms. The van der Waals surface area contributed by atoms with E-state index in [1.807, 2.05) is 48.5 Å². The third-order valence-corrected chi connectivity index (χ3v) is 5.53. The number of carbonyl (C=O) groups excluding carboxylic acids is 1. The highest BCUT2D eigenvalue weighted by atomic mass is 35.5. The predicted octanol–water partition coefficient (Wildman–Crippen LogP) is 5.16. The number of hydrogen-bond acceptors (Lipinski definition) is 3. The second-order valence-corrected chi connectivity index (χ2v) is 7.88. The number of aromatic nitrogens is 1. The Hall–Kier alpha value is -2.56. The second kappa shape index (κ2) is 9.50. The summed E-state index contributed by atoms with van der Waals surface area (Å²) in [4.78, 5) is 16.1. The first kappa shape index (κ1) is 22.1. The summed E-state index contributed by atoms with van der Waals surface area (Å²) in [5, 5.41) is 0.715. The van der Waals surface area contributed by atoms with Gasteiger partial charge in [0.1, 0.15) is 5.75 Å². The van der Waals surface area contributed by atoms with E-state index in [1.165, 1.54) is 22.4 Å². The second-order valence-electron chi connectivity index (χ2n) is 7.44. The van der Waals surface area contributed by atoms with E-state index in [-0.39, 0.29) is 12.4 Å². The van der Waals surface area contributed by atoms with Gasteiger partial charge in [-0.2, -0.15) is 0 Å². The predicted molar refractivity (Wildman–Crippen MR) is 122 cm³/mol. The van der Waals surface area contributed by atoms with E-state index < -0.39 is 12.0 Å². The maximum Gasteiger partial charge on any atom is 0.258 e. The van der Waals surface area contributed by atoms with Crippen LogP contribution in [0.25, 0.3) is 11.3 Å². The number of benzene rings is 2. The Morgan fingerprint density at radius 2 is 1.93 bits per heavy atom. The first-order valence-corrected chi connectivity index (χ1v) is 10.2. The lowest BCUT2D eigenvalue weighted by Crippen LogP contribution is -2.30. The van der Waals surface area contributed by atoms with Crippen molar-refractivity contribution in [2.24, 2.45) is 5.73 Å². The lowest BCUT2D eigenvalue weighted by atomic mass is 9.97. The molecule has 0 spiro atoms. The summed E-state index contributed by atoms with van der Waals surface area (Å²) < 4.78 is 5.55. The lowest BCUT2D eigenvalue weighted by Gasteiger charge is -2.14. The zero-order valence-electron chi connectivity index (χ0n) is 16.7. The van der Waals surface area contributed by atoms with Crippen LogP contribution < -0.4 is 10.5 Å². The van der Waals surface area contributed by atoms with Gasteiger partial charge < -0.3 is 10.5 Å². The van der Waals surface area contributed by atoms with Crippen LogP contribution in [0, 0.1) is 0 Å². The van der Waals surface area contributed by atoms with Crippen molar-refractivity contribution in [3.8, 4) is 17.0 Å². The van der Waals surface area contributed by atoms with Gasteiger partial charge in [0.25, 0.3) is 5.91 Å². The number of primary amides is 1. The number of aryl methyl sites for hydroxylation is 1. The third-order valence-electron chi connectivity index (χ3n) is 5.29. The maximum atomic E-state index is 11.2. The summed E-state index contributed by atoms with van der Waals surface area (Å²) in [6.45, 7) is 1.65. The van der Waals surface area contributed by atoms with Gasteiger partial charge in [-0.05, 0) is 79.6 Å². The minimum Gasteiger partial charge on any atom is -0.481 e. The average Bonchev–Trinajstić information content (AvgIpc) is 3.18.